The zero-order chi connectivity index (χ0) is 14.1. The number of nitrogens with one attached hydrogen (secondary N) is 1. The average molecular weight is 285 g/mol. The first-order chi connectivity index (χ1) is 9.65. The molecule has 1 aromatic carbocycles. The zero-order valence-corrected chi connectivity index (χ0v) is 11.4. The van der Waals surface area contributed by atoms with E-state index in [1.165, 1.54) is 11.3 Å². The molecule has 2 N–H and O–H groups in total. The van der Waals surface area contributed by atoms with Crippen molar-refractivity contribution in [1.82, 2.24) is 15.0 Å². The van der Waals surface area contributed by atoms with Crippen LogP contribution in [0, 0.1) is 6.92 Å². The lowest BCUT2D eigenvalue weighted by Gasteiger charge is -2.05. The van der Waals surface area contributed by atoms with Crippen LogP contribution in [0.25, 0.3) is 21.8 Å². The van der Waals surface area contributed by atoms with Gasteiger partial charge in [0, 0.05) is 6.20 Å². The van der Waals surface area contributed by atoms with Crippen LogP contribution in [0.1, 0.15) is 5.56 Å². The molecule has 6 heteroatoms. The van der Waals surface area contributed by atoms with Gasteiger partial charge in [0.15, 0.2) is 5.82 Å². The summed E-state index contributed by atoms with van der Waals surface area (Å²) in [5, 5.41) is 10.0. The van der Waals surface area contributed by atoms with Crippen molar-refractivity contribution in [2.45, 2.75) is 6.92 Å². The first-order valence-electron chi connectivity index (χ1n) is 5.94. The van der Waals surface area contributed by atoms with Crippen LogP contribution in [-0.4, -0.2) is 20.1 Å². The number of aromatic nitrogens is 3. The van der Waals surface area contributed by atoms with Gasteiger partial charge in [-0.2, -0.15) is 4.98 Å². The van der Waals surface area contributed by atoms with Crippen LogP contribution < -0.4 is 5.56 Å². The van der Waals surface area contributed by atoms with E-state index in [0.717, 1.165) is 5.56 Å². The third kappa shape index (κ3) is 2.21. The highest BCUT2D eigenvalue weighted by molar-refractivity contribution is 7.13. The second-order valence-electron chi connectivity index (χ2n) is 4.34. The van der Waals surface area contributed by atoms with Gasteiger partial charge in [0.2, 0.25) is 5.88 Å². The summed E-state index contributed by atoms with van der Waals surface area (Å²) in [6.07, 6.45) is 1.59. The van der Waals surface area contributed by atoms with E-state index in [4.69, 9.17) is 0 Å². The summed E-state index contributed by atoms with van der Waals surface area (Å²) >= 11 is 1.34. The molecular formula is C14H11N3O2S. The first-order valence-corrected chi connectivity index (χ1v) is 6.82. The number of benzene rings is 1. The lowest BCUT2D eigenvalue weighted by atomic mass is 10.1. The minimum atomic E-state index is -0.371. The fraction of sp³-hybridized carbons (Fsp3) is 0.0714. The second-order valence-corrected chi connectivity index (χ2v) is 5.23. The zero-order valence-electron chi connectivity index (χ0n) is 10.6. The van der Waals surface area contributed by atoms with E-state index in [-0.39, 0.29) is 17.0 Å². The van der Waals surface area contributed by atoms with Gasteiger partial charge in [0.1, 0.15) is 5.56 Å². The summed E-state index contributed by atoms with van der Waals surface area (Å²) in [4.78, 5) is 23.5. The molecule has 0 saturated heterocycles. The summed E-state index contributed by atoms with van der Waals surface area (Å²) in [6.45, 7) is 1.96. The van der Waals surface area contributed by atoms with Crippen LogP contribution in [-0.2, 0) is 0 Å². The molecule has 0 radical (unpaired) electrons. The summed E-state index contributed by atoms with van der Waals surface area (Å²) in [5.41, 5.74) is 3.17. The number of aryl methyl sites for hydroxylation is 1. The highest BCUT2D eigenvalue weighted by atomic mass is 32.1. The number of aromatic amines is 1. The van der Waals surface area contributed by atoms with Crippen molar-refractivity contribution in [3.05, 3.63) is 51.9 Å². The lowest BCUT2D eigenvalue weighted by Crippen LogP contribution is -2.11. The summed E-state index contributed by atoms with van der Waals surface area (Å²) < 4.78 is 0. The Balaban J connectivity index is 2.14. The van der Waals surface area contributed by atoms with Gasteiger partial charge in [0.25, 0.3) is 5.56 Å². The molecule has 3 aromatic rings. The minimum absolute atomic E-state index is 0.179. The molecule has 0 aliphatic rings. The van der Waals surface area contributed by atoms with E-state index >= 15 is 0 Å². The lowest BCUT2D eigenvalue weighted by molar-refractivity contribution is 0.454. The molecule has 0 saturated carbocycles. The average Bonchev–Trinajstić information content (AvgIpc) is 2.94. The van der Waals surface area contributed by atoms with Crippen LogP contribution >= 0.6 is 11.3 Å². The molecule has 2 aromatic heterocycles. The van der Waals surface area contributed by atoms with E-state index in [1.807, 2.05) is 19.1 Å². The Morgan fingerprint density at radius 2 is 2.00 bits per heavy atom. The maximum atomic E-state index is 12.2. The van der Waals surface area contributed by atoms with Crippen molar-refractivity contribution in [2.24, 2.45) is 0 Å². The van der Waals surface area contributed by atoms with E-state index in [9.17, 15) is 9.90 Å². The number of aromatic hydroxyl groups is 1. The fourth-order valence-corrected chi connectivity index (χ4v) is 2.46. The van der Waals surface area contributed by atoms with Crippen LogP contribution in [0.3, 0.4) is 0 Å². The van der Waals surface area contributed by atoms with Gasteiger partial charge in [-0.15, -0.1) is 11.3 Å². The summed E-state index contributed by atoms with van der Waals surface area (Å²) in [6, 6.07) is 7.33. The maximum absolute atomic E-state index is 12.2. The Kier molecular flexibility index (Phi) is 3.08. The highest BCUT2D eigenvalue weighted by Crippen LogP contribution is 2.26. The Labute approximate surface area is 118 Å². The van der Waals surface area contributed by atoms with E-state index in [0.29, 0.717) is 16.3 Å². The second kappa shape index (κ2) is 4.90. The molecule has 0 aliphatic carbocycles. The van der Waals surface area contributed by atoms with Gasteiger partial charge >= 0.3 is 0 Å². The van der Waals surface area contributed by atoms with Crippen molar-refractivity contribution in [3.63, 3.8) is 0 Å². The Bertz CT molecular complexity index is 792. The molecule has 0 aliphatic heterocycles. The first kappa shape index (κ1) is 12.6. The van der Waals surface area contributed by atoms with Crippen molar-refractivity contribution >= 4 is 11.3 Å². The largest absolute Gasteiger partial charge is 0.493 e. The van der Waals surface area contributed by atoms with Crippen molar-refractivity contribution in [3.8, 4) is 27.7 Å². The molecule has 0 spiro atoms. The van der Waals surface area contributed by atoms with Crippen LogP contribution in [0.2, 0.25) is 0 Å². The standard InChI is InChI=1S/C14H11N3O2S/c1-8-2-4-9(5-3-8)11-13(18)16-12(17-14(11)19)10-6-15-7-20-10/h2-7H,1H3,(H2,16,17,18,19). The fourth-order valence-electron chi connectivity index (χ4n) is 1.89. The van der Waals surface area contributed by atoms with Crippen molar-refractivity contribution in [1.29, 1.82) is 0 Å². The number of thiazole rings is 1. The van der Waals surface area contributed by atoms with Crippen LogP contribution in [0.5, 0.6) is 5.88 Å². The minimum Gasteiger partial charge on any atom is -0.493 e. The van der Waals surface area contributed by atoms with E-state index in [2.05, 4.69) is 15.0 Å². The van der Waals surface area contributed by atoms with Gasteiger partial charge in [-0.25, -0.2) is 0 Å². The summed E-state index contributed by atoms with van der Waals surface area (Å²) in [5.74, 6) is 0.0480. The van der Waals surface area contributed by atoms with Gasteiger partial charge in [-0.3, -0.25) is 9.78 Å². The van der Waals surface area contributed by atoms with Crippen LogP contribution in [0.15, 0.2) is 40.8 Å². The topological polar surface area (TPSA) is 78.9 Å². The number of rotatable bonds is 2. The molecule has 0 fully saturated rings. The molecule has 0 unspecified atom stereocenters. The number of hydrogen-bond donors (Lipinski definition) is 2. The molecular weight excluding hydrogens is 274 g/mol. The predicted octanol–water partition coefficient (Wildman–Crippen LogP) is 2.57. The maximum Gasteiger partial charge on any atom is 0.262 e. The number of nitrogens with zero attached hydrogens (tertiary/aromatic N) is 2. The monoisotopic (exact) mass is 285 g/mol. The van der Waals surface area contributed by atoms with E-state index < -0.39 is 0 Å². The molecule has 2 heterocycles. The van der Waals surface area contributed by atoms with Gasteiger partial charge in [-0.05, 0) is 12.5 Å². The van der Waals surface area contributed by atoms with Crippen molar-refractivity contribution < 1.29 is 5.11 Å². The van der Waals surface area contributed by atoms with Crippen LogP contribution in [0.4, 0.5) is 0 Å². The molecule has 3 rings (SSSR count). The molecule has 5 nitrogen and oxygen atoms in total. The SMILES string of the molecule is Cc1ccc(-c2c(O)nc(-c3cncs3)[nH]c2=O)cc1. The quantitative estimate of drug-likeness (QED) is 0.758. The Morgan fingerprint density at radius 1 is 1.25 bits per heavy atom. The highest BCUT2D eigenvalue weighted by Gasteiger charge is 2.14. The molecule has 0 amide bonds. The molecule has 20 heavy (non-hydrogen) atoms. The molecule has 100 valence electrons. The summed E-state index contributed by atoms with van der Waals surface area (Å²) in [7, 11) is 0. The molecule has 0 atom stereocenters. The van der Waals surface area contributed by atoms with Gasteiger partial charge < -0.3 is 10.1 Å². The van der Waals surface area contributed by atoms with Gasteiger partial charge in [-0.1, -0.05) is 29.8 Å². The predicted molar refractivity (Wildman–Crippen MR) is 77.8 cm³/mol. The van der Waals surface area contributed by atoms with Gasteiger partial charge in [0.05, 0.1) is 10.4 Å². The van der Waals surface area contributed by atoms with E-state index in [1.54, 1.807) is 23.8 Å². The smallest absolute Gasteiger partial charge is 0.262 e. The number of hydrogen-bond acceptors (Lipinski definition) is 5. The third-order valence-corrected chi connectivity index (χ3v) is 3.69. The Morgan fingerprint density at radius 3 is 2.60 bits per heavy atom. The number of H-pyrrole nitrogens is 1. The van der Waals surface area contributed by atoms with Crippen molar-refractivity contribution in [2.75, 3.05) is 0 Å². The Hall–Kier alpha value is -2.47. The normalized spacial score (nSPS) is 10.7. The molecule has 0 bridgehead atoms. The third-order valence-electron chi connectivity index (χ3n) is 2.91.